The second kappa shape index (κ2) is 4.69. The Morgan fingerprint density at radius 3 is 2.78 bits per heavy atom. The Balaban J connectivity index is 2.14. The number of nitrogens with zero attached hydrogens (tertiary/aromatic N) is 1. The molecule has 18 heavy (non-hydrogen) atoms. The average Bonchev–Trinajstić information content (AvgIpc) is 2.84. The molecule has 0 fully saturated rings. The Hall–Kier alpha value is -1.42. The molecule has 0 aliphatic carbocycles. The summed E-state index contributed by atoms with van der Waals surface area (Å²) in [5.41, 5.74) is 1.75. The third kappa shape index (κ3) is 2.01. The van der Waals surface area contributed by atoms with E-state index in [0.717, 1.165) is 21.3 Å². The zero-order chi connectivity index (χ0) is 12.5. The Kier molecular flexibility index (Phi) is 3.04. The number of aliphatic hydroxyl groups is 1. The minimum Gasteiger partial charge on any atom is -0.383 e. The quantitative estimate of drug-likeness (QED) is 0.766. The van der Waals surface area contributed by atoms with Crippen LogP contribution in [0.1, 0.15) is 16.5 Å². The van der Waals surface area contributed by atoms with Gasteiger partial charge >= 0.3 is 0 Å². The lowest BCUT2D eigenvalue weighted by atomic mass is 10.0. The number of fused-ring (bicyclic) bond motifs is 1. The van der Waals surface area contributed by atoms with Crippen LogP contribution < -0.4 is 0 Å². The van der Waals surface area contributed by atoms with Gasteiger partial charge in [0.05, 0.1) is 9.85 Å². The first-order valence-electron chi connectivity index (χ1n) is 5.52. The number of aliphatic hydroxyl groups excluding tert-OH is 1. The van der Waals surface area contributed by atoms with Gasteiger partial charge < -0.3 is 5.11 Å². The van der Waals surface area contributed by atoms with Crippen LogP contribution in [-0.2, 0) is 0 Å². The summed E-state index contributed by atoms with van der Waals surface area (Å²) in [5.74, 6) is 0. The maximum atomic E-state index is 10.4. The predicted molar refractivity (Wildman–Crippen MR) is 75.1 cm³/mol. The highest BCUT2D eigenvalue weighted by molar-refractivity contribution is 7.16. The maximum Gasteiger partial charge on any atom is 0.114 e. The first-order valence-corrected chi connectivity index (χ1v) is 6.72. The van der Waals surface area contributed by atoms with Gasteiger partial charge in [-0.15, -0.1) is 11.3 Å². The fourth-order valence-corrected chi connectivity index (χ4v) is 3.06. The van der Waals surface area contributed by atoms with Crippen molar-refractivity contribution in [2.75, 3.05) is 0 Å². The summed E-state index contributed by atoms with van der Waals surface area (Å²) in [7, 11) is 0. The standard InChI is InChI=1S/C14H10ClNOS/c15-13-7-6-12(18-13)14(17)10-3-1-5-11-9(10)4-2-8-16-11/h1-8,14,17H. The molecule has 3 rings (SSSR count). The largest absolute Gasteiger partial charge is 0.383 e. The van der Waals surface area contributed by atoms with Crippen LogP contribution in [-0.4, -0.2) is 10.1 Å². The van der Waals surface area contributed by atoms with E-state index in [2.05, 4.69) is 4.98 Å². The van der Waals surface area contributed by atoms with Crippen molar-refractivity contribution in [1.29, 1.82) is 0 Å². The van der Waals surface area contributed by atoms with Gasteiger partial charge in [-0.2, -0.15) is 0 Å². The molecule has 0 aliphatic rings. The number of aromatic nitrogens is 1. The van der Waals surface area contributed by atoms with E-state index in [1.165, 1.54) is 11.3 Å². The van der Waals surface area contributed by atoms with Gasteiger partial charge in [0.25, 0.3) is 0 Å². The lowest BCUT2D eigenvalue weighted by molar-refractivity contribution is 0.226. The van der Waals surface area contributed by atoms with Gasteiger partial charge in [-0.05, 0) is 29.8 Å². The topological polar surface area (TPSA) is 33.1 Å². The van der Waals surface area contributed by atoms with Gasteiger partial charge in [-0.3, -0.25) is 4.98 Å². The number of hydrogen-bond donors (Lipinski definition) is 1. The molecule has 0 radical (unpaired) electrons. The fraction of sp³-hybridized carbons (Fsp3) is 0.0714. The van der Waals surface area contributed by atoms with E-state index in [1.807, 2.05) is 36.4 Å². The summed E-state index contributed by atoms with van der Waals surface area (Å²) in [6.07, 6.45) is 1.09. The lowest BCUT2D eigenvalue weighted by Gasteiger charge is -2.11. The smallest absolute Gasteiger partial charge is 0.114 e. The molecule has 1 atom stereocenters. The molecule has 0 saturated carbocycles. The van der Waals surface area contributed by atoms with Crippen molar-refractivity contribution >= 4 is 33.8 Å². The second-order valence-corrected chi connectivity index (χ2v) is 5.71. The Labute approximate surface area is 113 Å². The third-order valence-corrected chi connectivity index (χ3v) is 4.12. The van der Waals surface area contributed by atoms with Crippen molar-refractivity contribution in [3.8, 4) is 0 Å². The van der Waals surface area contributed by atoms with Gasteiger partial charge in [0.2, 0.25) is 0 Å². The van der Waals surface area contributed by atoms with Crippen molar-refractivity contribution in [1.82, 2.24) is 4.98 Å². The van der Waals surface area contributed by atoms with Crippen LogP contribution in [0.2, 0.25) is 4.34 Å². The molecule has 2 nitrogen and oxygen atoms in total. The van der Waals surface area contributed by atoms with Gasteiger partial charge in [0.15, 0.2) is 0 Å². The molecule has 1 aromatic carbocycles. The van der Waals surface area contributed by atoms with Crippen LogP contribution >= 0.6 is 22.9 Å². The summed E-state index contributed by atoms with van der Waals surface area (Å²) in [4.78, 5) is 5.13. The number of hydrogen-bond acceptors (Lipinski definition) is 3. The molecule has 0 aliphatic heterocycles. The minimum absolute atomic E-state index is 0.657. The number of thiophene rings is 1. The van der Waals surface area contributed by atoms with Gasteiger partial charge in [0.1, 0.15) is 6.10 Å². The molecule has 2 aromatic heterocycles. The van der Waals surface area contributed by atoms with E-state index in [-0.39, 0.29) is 0 Å². The van der Waals surface area contributed by atoms with E-state index >= 15 is 0 Å². The van der Waals surface area contributed by atoms with Crippen LogP contribution in [0.15, 0.2) is 48.7 Å². The highest BCUT2D eigenvalue weighted by Gasteiger charge is 2.15. The van der Waals surface area contributed by atoms with E-state index < -0.39 is 6.10 Å². The first kappa shape index (κ1) is 11.7. The van der Waals surface area contributed by atoms with Crippen LogP contribution in [0.3, 0.4) is 0 Å². The molecule has 90 valence electrons. The van der Waals surface area contributed by atoms with E-state index in [4.69, 9.17) is 11.6 Å². The summed E-state index contributed by atoms with van der Waals surface area (Å²) in [6.45, 7) is 0. The molecule has 0 saturated heterocycles. The van der Waals surface area contributed by atoms with Crippen molar-refractivity contribution in [3.05, 3.63) is 63.4 Å². The van der Waals surface area contributed by atoms with Crippen LogP contribution in [0, 0.1) is 0 Å². The SMILES string of the molecule is OC(c1ccc(Cl)s1)c1cccc2ncccc12. The van der Waals surface area contributed by atoms with Crippen molar-refractivity contribution in [2.24, 2.45) is 0 Å². The Morgan fingerprint density at radius 1 is 1.11 bits per heavy atom. The number of rotatable bonds is 2. The van der Waals surface area contributed by atoms with Crippen molar-refractivity contribution in [2.45, 2.75) is 6.10 Å². The molecule has 1 unspecified atom stereocenters. The van der Waals surface area contributed by atoms with Gasteiger partial charge in [-0.1, -0.05) is 29.8 Å². The molecule has 0 bridgehead atoms. The monoisotopic (exact) mass is 275 g/mol. The van der Waals surface area contributed by atoms with Crippen molar-refractivity contribution < 1.29 is 5.11 Å². The minimum atomic E-state index is -0.657. The third-order valence-electron chi connectivity index (χ3n) is 2.84. The molecule has 0 amide bonds. The zero-order valence-corrected chi connectivity index (χ0v) is 10.9. The maximum absolute atomic E-state index is 10.4. The lowest BCUT2D eigenvalue weighted by Crippen LogP contribution is -1.98. The Bertz CT molecular complexity index is 690. The summed E-state index contributed by atoms with van der Waals surface area (Å²) >= 11 is 7.30. The van der Waals surface area contributed by atoms with Gasteiger partial charge in [0, 0.05) is 16.5 Å². The van der Waals surface area contributed by atoms with Crippen molar-refractivity contribution in [3.63, 3.8) is 0 Å². The molecular formula is C14H10ClNOS. The van der Waals surface area contributed by atoms with E-state index in [9.17, 15) is 5.11 Å². The van der Waals surface area contributed by atoms with Crippen LogP contribution in [0.5, 0.6) is 0 Å². The van der Waals surface area contributed by atoms with Gasteiger partial charge in [-0.25, -0.2) is 0 Å². The summed E-state index contributed by atoms with van der Waals surface area (Å²) in [6, 6.07) is 13.3. The normalized spacial score (nSPS) is 12.8. The Morgan fingerprint density at radius 2 is 2.00 bits per heavy atom. The molecule has 0 spiro atoms. The summed E-state index contributed by atoms with van der Waals surface area (Å²) < 4.78 is 0.683. The predicted octanol–water partition coefficient (Wildman–Crippen LogP) is 4.03. The first-order chi connectivity index (χ1) is 8.75. The second-order valence-electron chi connectivity index (χ2n) is 3.96. The zero-order valence-electron chi connectivity index (χ0n) is 9.38. The molecule has 1 N–H and O–H groups in total. The number of benzene rings is 1. The van der Waals surface area contributed by atoms with E-state index in [0.29, 0.717) is 4.34 Å². The van der Waals surface area contributed by atoms with Crippen LogP contribution in [0.4, 0.5) is 0 Å². The number of pyridine rings is 1. The molecule has 4 heteroatoms. The fourth-order valence-electron chi connectivity index (χ4n) is 1.99. The molecule has 3 aromatic rings. The number of halogens is 1. The molecular weight excluding hydrogens is 266 g/mol. The highest BCUT2D eigenvalue weighted by Crippen LogP contribution is 2.33. The summed E-state index contributed by atoms with van der Waals surface area (Å²) in [5, 5.41) is 11.4. The molecule has 2 heterocycles. The van der Waals surface area contributed by atoms with Crippen LogP contribution in [0.25, 0.3) is 10.9 Å². The highest BCUT2D eigenvalue weighted by atomic mass is 35.5. The van der Waals surface area contributed by atoms with E-state index in [1.54, 1.807) is 12.3 Å². The average molecular weight is 276 g/mol.